The number of likely N-dealkylation sites (N-methyl/N-ethyl adjacent to an activating group) is 2. The number of hydrogen-bond donors (Lipinski definition) is 1. The van der Waals surface area contributed by atoms with Gasteiger partial charge in [0, 0.05) is 64.1 Å². The van der Waals surface area contributed by atoms with E-state index in [-0.39, 0.29) is 6.61 Å². The number of ketones is 1. The normalized spacial score (nSPS) is 19.0. The SMILES string of the molecule is CNC(=O)[C@@](C)(C(=O)COC1CCCCO1)N(C)C(=O)c1ccc(C#Cc2ccc(CN3CCC(OC)CC3)cc2)cc1. The van der Waals surface area contributed by atoms with Crippen LogP contribution in [0.3, 0.4) is 0 Å². The van der Waals surface area contributed by atoms with Crippen molar-refractivity contribution in [2.75, 3.05) is 47.5 Å². The fraction of sp³-hybridized carbons (Fsp3) is 0.500. The molecule has 1 unspecified atom stereocenters. The highest BCUT2D eigenvalue weighted by molar-refractivity contribution is 6.14. The molecule has 9 heteroatoms. The minimum Gasteiger partial charge on any atom is -0.381 e. The van der Waals surface area contributed by atoms with Gasteiger partial charge in [-0.25, -0.2) is 0 Å². The molecule has 43 heavy (non-hydrogen) atoms. The van der Waals surface area contributed by atoms with Gasteiger partial charge in [0.15, 0.2) is 17.6 Å². The Morgan fingerprint density at radius 1 is 1.00 bits per heavy atom. The lowest BCUT2D eigenvalue weighted by Crippen LogP contribution is -2.62. The Morgan fingerprint density at radius 3 is 2.19 bits per heavy atom. The van der Waals surface area contributed by atoms with Crippen LogP contribution >= 0.6 is 0 Å². The molecule has 0 radical (unpaired) electrons. The van der Waals surface area contributed by atoms with E-state index < -0.39 is 29.4 Å². The maximum absolute atomic E-state index is 13.4. The average Bonchev–Trinajstić information content (AvgIpc) is 3.06. The summed E-state index contributed by atoms with van der Waals surface area (Å²) < 4.78 is 16.6. The number of benzene rings is 2. The Bertz CT molecular complexity index is 1300. The molecule has 0 aromatic heterocycles. The summed E-state index contributed by atoms with van der Waals surface area (Å²) in [5.41, 5.74) is 1.49. The Balaban J connectivity index is 1.36. The summed E-state index contributed by atoms with van der Waals surface area (Å²) in [5, 5.41) is 2.51. The van der Waals surface area contributed by atoms with E-state index in [4.69, 9.17) is 14.2 Å². The van der Waals surface area contributed by atoms with Gasteiger partial charge in [-0.05, 0) is 81.0 Å². The number of piperidine rings is 1. The number of likely N-dealkylation sites (tertiary alicyclic amines) is 1. The summed E-state index contributed by atoms with van der Waals surface area (Å²) in [7, 11) is 4.67. The lowest BCUT2D eigenvalue weighted by atomic mass is 9.92. The van der Waals surface area contributed by atoms with Crippen LogP contribution in [0.15, 0.2) is 48.5 Å². The highest BCUT2D eigenvalue weighted by Gasteiger charge is 2.46. The van der Waals surface area contributed by atoms with Crippen molar-refractivity contribution in [3.63, 3.8) is 0 Å². The third-order valence-electron chi connectivity index (χ3n) is 8.44. The predicted octanol–water partition coefficient (Wildman–Crippen LogP) is 3.39. The quantitative estimate of drug-likeness (QED) is 0.335. The number of hydrogen-bond acceptors (Lipinski definition) is 7. The van der Waals surface area contributed by atoms with Crippen LogP contribution in [0.5, 0.6) is 0 Å². The van der Waals surface area contributed by atoms with Crippen LogP contribution in [0, 0.1) is 11.8 Å². The van der Waals surface area contributed by atoms with Gasteiger partial charge in [-0.2, -0.15) is 0 Å². The van der Waals surface area contributed by atoms with Gasteiger partial charge >= 0.3 is 0 Å². The Labute approximate surface area is 254 Å². The van der Waals surface area contributed by atoms with Gasteiger partial charge in [0.25, 0.3) is 11.8 Å². The molecule has 0 aliphatic carbocycles. The van der Waals surface area contributed by atoms with E-state index in [9.17, 15) is 14.4 Å². The molecule has 2 atom stereocenters. The summed E-state index contributed by atoms with van der Waals surface area (Å²) in [6.45, 7) is 4.67. The zero-order valence-corrected chi connectivity index (χ0v) is 25.7. The molecule has 2 aromatic carbocycles. The minimum atomic E-state index is -1.76. The highest BCUT2D eigenvalue weighted by Crippen LogP contribution is 2.21. The van der Waals surface area contributed by atoms with Crippen molar-refractivity contribution in [3.8, 4) is 11.8 Å². The molecule has 230 valence electrons. The van der Waals surface area contributed by atoms with Crippen molar-refractivity contribution in [2.24, 2.45) is 0 Å². The van der Waals surface area contributed by atoms with Gasteiger partial charge in [-0.3, -0.25) is 19.3 Å². The van der Waals surface area contributed by atoms with Gasteiger partial charge in [0.05, 0.1) is 6.10 Å². The van der Waals surface area contributed by atoms with Crippen LogP contribution in [-0.4, -0.2) is 92.8 Å². The molecule has 0 bridgehead atoms. The van der Waals surface area contributed by atoms with Crippen LogP contribution in [0.25, 0.3) is 0 Å². The van der Waals surface area contributed by atoms with Crippen molar-refractivity contribution in [3.05, 3.63) is 70.8 Å². The number of rotatable bonds is 10. The summed E-state index contributed by atoms with van der Waals surface area (Å²) in [6.07, 6.45) is 4.62. The zero-order chi connectivity index (χ0) is 30.8. The number of ether oxygens (including phenoxy) is 3. The fourth-order valence-electron chi connectivity index (χ4n) is 5.35. The van der Waals surface area contributed by atoms with Gasteiger partial charge in [-0.1, -0.05) is 24.0 Å². The van der Waals surface area contributed by atoms with E-state index in [1.165, 1.54) is 31.5 Å². The third-order valence-corrected chi connectivity index (χ3v) is 8.44. The van der Waals surface area contributed by atoms with Crippen molar-refractivity contribution in [2.45, 2.75) is 63.5 Å². The van der Waals surface area contributed by atoms with Crippen molar-refractivity contribution in [1.82, 2.24) is 15.1 Å². The molecule has 2 aliphatic rings. The second-order valence-electron chi connectivity index (χ2n) is 11.3. The number of carbonyl (C=O) groups is 3. The molecule has 2 saturated heterocycles. The average molecular weight is 590 g/mol. The van der Waals surface area contributed by atoms with E-state index in [1.807, 2.05) is 12.1 Å². The first kappa shape index (κ1) is 32.4. The van der Waals surface area contributed by atoms with Gasteiger partial charge in [0.1, 0.15) is 6.61 Å². The topological polar surface area (TPSA) is 97.4 Å². The number of amides is 2. The molecular formula is C34H43N3O6. The molecule has 2 amide bonds. The number of methoxy groups -OCH3 is 1. The van der Waals surface area contributed by atoms with E-state index in [0.717, 1.165) is 56.4 Å². The van der Waals surface area contributed by atoms with Crippen LogP contribution < -0.4 is 5.32 Å². The monoisotopic (exact) mass is 589 g/mol. The second-order valence-corrected chi connectivity index (χ2v) is 11.3. The maximum atomic E-state index is 13.4. The Morgan fingerprint density at radius 2 is 1.63 bits per heavy atom. The molecule has 9 nitrogen and oxygen atoms in total. The van der Waals surface area contributed by atoms with Crippen LogP contribution in [0.2, 0.25) is 0 Å². The number of carbonyl (C=O) groups excluding carboxylic acids is 3. The van der Waals surface area contributed by atoms with Crippen molar-refractivity contribution >= 4 is 17.6 Å². The van der Waals surface area contributed by atoms with Gasteiger partial charge in [0.2, 0.25) is 0 Å². The molecule has 2 heterocycles. The molecule has 0 saturated carbocycles. The fourth-order valence-corrected chi connectivity index (χ4v) is 5.35. The Hall–Kier alpha value is -3.55. The van der Waals surface area contributed by atoms with Crippen molar-refractivity contribution < 1.29 is 28.6 Å². The van der Waals surface area contributed by atoms with Gasteiger partial charge < -0.3 is 24.4 Å². The van der Waals surface area contributed by atoms with Gasteiger partial charge in [-0.15, -0.1) is 0 Å². The molecular weight excluding hydrogens is 546 g/mol. The lowest BCUT2D eigenvalue weighted by molar-refractivity contribution is -0.174. The van der Waals surface area contributed by atoms with Crippen molar-refractivity contribution in [1.29, 1.82) is 0 Å². The molecule has 4 rings (SSSR count). The van der Waals surface area contributed by atoms with E-state index in [0.29, 0.717) is 24.7 Å². The largest absolute Gasteiger partial charge is 0.381 e. The summed E-state index contributed by atoms with van der Waals surface area (Å²) in [6, 6.07) is 15.1. The highest BCUT2D eigenvalue weighted by atomic mass is 16.7. The van der Waals surface area contributed by atoms with Crippen LogP contribution in [0.1, 0.15) is 66.1 Å². The van der Waals surface area contributed by atoms with E-state index >= 15 is 0 Å². The summed E-state index contributed by atoms with van der Waals surface area (Å²) in [4.78, 5) is 43.1. The van der Waals surface area contributed by atoms with Crippen LogP contribution in [-0.2, 0) is 30.3 Å². The number of nitrogens with one attached hydrogen (secondary N) is 1. The smallest absolute Gasteiger partial charge is 0.254 e. The number of Topliss-reactive ketones (excluding diaryl/α,β-unsaturated/α-hetero) is 1. The third kappa shape index (κ3) is 8.30. The Kier molecular flexibility index (Phi) is 11.5. The summed E-state index contributed by atoms with van der Waals surface area (Å²) in [5.74, 6) is 4.75. The molecule has 2 aromatic rings. The molecule has 1 N–H and O–H groups in total. The molecule has 2 aliphatic heterocycles. The summed E-state index contributed by atoms with van der Waals surface area (Å²) >= 11 is 0. The second kappa shape index (κ2) is 15.3. The molecule has 2 fully saturated rings. The minimum absolute atomic E-state index is 0.339. The first-order chi connectivity index (χ1) is 20.7. The first-order valence-corrected chi connectivity index (χ1v) is 15.0. The molecule has 0 spiro atoms. The maximum Gasteiger partial charge on any atom is 0.254 e. The van der Waals surface area contributed by atoms with E-state index in [2.05, 4.69) is 34.2 Å². The lowest BCUT2D eigenvalue weighted by Gasteiger charge is -2.36. The zero-order valence-electron chi connectivity index (χ0n) is 25.7. The van der Waals surface area contributed by atoms with Crippen LogP contribution in [0.4, 0.5) is 0 Å². The first-order valence-electron chi connectivity index (χ1n) is 15.0. The predicted molar refractivity (Wildman–Crippen MR) is 163 cm³/mol. The number of nitrogens with zero attached hydrogens (tertiary/aromatic N) is 2. The van der Waals surface area contributed by atoms with E-state index in [1.54, 1.807) is 31.4 Å². The standard InChI is InChI=1S/C34H43N3O6/c1-34(33(40)35-2,30(38)24-43-31-7-5-6-22-42-31)36(3)32(39)28-16-14-26(15-17-28)9-8-25-10-12-27(13-11-25)23-37-20-18-29(41-4)19-21-37/h10-17,29,31H,5-7,18-24H2,1-4H3,(H,35,40)/t31?,34-/m1/s1.